The topological polar surface area (TPSA) is 55.8 Å². The van der Waals surface area contributed by atoms with Gasteiger partial charge in [-0.1, -0.05) is 54.6 Å². The summed E-state index contributed by atoms with van der Waals surface area (Å²) in [5, 5.41) is 0. The summed E-state index contributed by atoms with van der Waals surface area (Å²) < 4.78 is 11.3. The van der Waals surface area contributed by atoms with Gasteiger partial charge in [0.1, 0.15) is 0 Å². The monoisotopic (exact) mass is 481 g/mol. The maximum Gasteiger partial charge on any atom is 0.232 e. The fourth-order valence-corrected chi connectivity index (χ4v) is 5.71. The molecule has 1 amide bonds. The highest BCUT2D eigenvalue weighted by atomic mass is 16.5. The van der Waals surface area contributed by atoms with E-state index in [9.17, 15) is 9.59 Å². The lowest BCUT2D eigenvalue weighted by atomic mass is 9.72. The summed E-state index contributed by atoms with van der Waals surface area (Å²) in [7, 11) is 3.19. The Labute approximate surface area is 212 Å². The molecule has 1 aliphatic heterocycles. The molecule has 2 atom stereocenters. The zero-order chi connectivity index (χ0) is 25.4. The van der Waals surface area contributed by atoms with E-state index in [1.54, 1.807) is 14.2 Å². The van der Waals surface area contributed by atoms with Crippen LogP contribution in [0, 0.1) is 13.8 Å². The number of nitrogens with zero attached hydrogens (tertiary/aromatic N) is 1. The molecule has 0 spiro atoms. The van der Waals surface area contributed by atoms with Crippen molar-refractivity contribution in [1.29, 1.82) is 0 Å². The number of allylic oxidation sites excluding steroid dienone is 2. The second kappa shape index (κ2) is 9.65. The van der Waals surface area contributed by atoms with Crippen molar-refractivity contribution in [2.45, 2.75) is 44.9 Å². The molecule has 1 aliphatic carbocycles. The smallest absolute Gasteiger partial charge is 0.232 e. The van der Waals surface area contributed by atoms with Crippen molar-refractivity contribution in [3.63, 3.8) is 0 Å². The van der Waals surface area contributed by atoms with Gasteiger partial charge in [0.2, 0.25) is 5.91 Å². The van der Waals surface area contributed by atoms with Crippen molar-refractivity contribution in [1.82, 2.24) is 0 Å². The van der Waals surface area contributed by atoms with Gasteiger partial charge in [-0.25, -0.2) is 0 Å². The molecule has 5 rings (SSSR count). The first-order chi connectivity index (χ1) is 17.4. The number of aryl methyl sites for hydroxylation is 1. The number of rotatable bonds is 5. The summed E-state index contributed by atoms with van der Waals surface area (Å²) >= 11 is 0. The Morgan fingerprint density at radius 2 is 1.56 bits per heavy atom. The minimum atomic E-state index is -0.386. The molecule has 36 heavy (non-hydrogen) atoms. The molecule has 1 heterocycles. The maximum atomic E-state index is 13.9. The van der Waals surface area contributed by atoms with Crippen molar-refractivity contribution in [2.24, 2.45) is 0 Å². The summed E-state index contributed by atoms with van der Waals surface area (Å²) in [6, 6.07) is 21.8. The minimum Gasteiger partial charge on any atom is -0.493 e. The Hall–Kier alpha value is -3.86. The lowest BCUT2D eigenvalue weighted by Crippen LogP contribution is -2.42. The van der Waals surface area contributed by atoms with Gasteiger partial charge in [-0.15, -0.1) is 0 Å². The molecule has 0 bridgehead atoms. The molecule has 0 saturated carbocycles. The van der Waals surface area contributed by atoms with Crippen molar-refractivity contribution in [3.05, 3.63) is 100 Å². The lowest BCUT2D eigenvalue weighted by Gasteiger charge is -2.41. The Kier molecular flexibility index (Phi) is 6.40. The standard InChI is InChI=1S/C31H31NO4/c1-19-10-8-14-25(20(19)2)32-26-16-22(21-11-6-5-7-12-21)17-27(33)30(26)24(18-29(32)34)23-13-9-15-28(35-3)31(23)36-4/h5-15,22,24H,16-18H2,1-4H3. The van der Waals surface area contributed by atoms with E-state index >= 15 is 0 Å². The molecule has 0 aromatic heterocycles. The van der Waals surface area contributed by atoms with Crippen LogP contribution in [0.4, 0.5) is 5.69 Å². The van der Waals surface area contributed by atoms with Crippen LogP contribution in [0.5, 0.6) is 11.5 Å². The first kappa shape index (κ1) is 23.9. The average molecular weight is 482 g/mol. The molecule has 0 fully saturated rings. The van der Waals surface area contributed by atoms with Crippen LogP contribution < -0.4 is 14.4 Å². The van der Waals surface area contributed by atoms with E-state index in [-0.39, 0.29) is 29.9 Å². The first-order valence-corrected chi connectivity index (χ1v) is 12.4. The third kappa shape index (κ3) is 3.98. The van der Waals surface area contributed by atoms with Crippen LogP contribution in [0.1, 0.15) is 53.4 Å². The van der Waals surface area contributed by atoms with Crippen LogP contribution in [0.15, 0.2) is 78.0 Å². The SMILES string of the molecule is COc1cccc(C2CC(=O)N(c3cccc(C)c3C)C3=C2C(=O)CC(c2ccccc2)C3)c1OC. The highest BCUT2D eigenvalue weighted by Gasteiger charge is 2.43. The summed E-state index contributed by atoms with van der Waals surface area (Å²) in [5.41, 5.74) is 6.46. The quantitative estimate of drug-likeness (QED) is 0.433. The van der Waals surface area contributed by atoms with Gasteiger partial charge in [-0.2, -0.15) is 0 Å². The zero-order valence-corrected chi connectivity index (χ0v) is 21.2. The fraction of sp³-hybridized carbons (Fsp3) is 0.290. The number of anilines is 1. The van der Waals surface area contributed by atoms with Gasteiger partial charge in [0.05, 0.1) is 19.9 Å². The number of para-hydroxylation sites is 1. The predicted molar refractivity (Wildman–Crippen MR) is 141 cm³/mol. The second-order valence-electron chi connectivity index (χ2n) is 9.59. The molecule has 2 aliphatic rings. The molecule has 5 nitrogen and oxygen atoms in total. The van der Waals surface area contributed by atoms with Gasteiger partial charge < -0.3 is 9.47 Å². The highest BCUT2D eigenvalue weighted by Crippen LogP contribution is 2.50. The van der Waals surface area contributed by atoms with E-state index in [0.29, 0.717) is 29.9 Å². The summed E-state index contributed by atoms with van der Waals surface area (Å²) in [6.45, 7) is 4.08. The molecular formula is C31H31NO4. The van der Waals surface area contributed by atoms with Crippen LogP contribution in [0.3, 0.4) is 0 Å². The number of hydrogen-bond donors (Lipinski definition) is 0. The zero-order valence-electron chi connectivity index (χ0n) is 21.2. The van der Waals surface area contributed by atoms with Crippen molar-refractivity contribution < 1.29 is 19.1 Å². The molecule has 0 N–H and O–H groups in total. The summed E-state index contributed by atoms with van der Waals surface area (Å²) in [5.74, 6) is 0.864. The normalized spacial score (nSPS) is 19.8. The fourth-order valence-electron chi connectivity index (χ4n) is 5.71. The molecule has 3 aromatic rings. The van der Waals surface area contributed by atoms with Crippen molar-refractivity contribution in [3.8, 4) is 11.5 Å². The van der Waals surface area contributed by atoms with Gasteiger partial charge in [-0.05, 0) is 55.0 Å². The molecule has 0 radical (unpaired) electrons. The van der Waals surface area contributed by atoms with Gasteiger partial charge in [0.15, 0.2) is 17.3 Å². The van der Waals surface area contributed by atoms with E-state index in [4.69, 9.17) is 9.47 Å². The Morgan fingerprint density at radius 3 is 2.28 bits per heavy atom. The number of Topliss-reactive ketones (excluding diaryl/α,β-unsaturated/α-hetero) is 1. The van der Waals surface area contributed by atoms with Gasteiger partial charge in [-0.3, -0.25) is 14.5 Å². The van der Waals surface area contributed by atoms with Crippen molar-refractivity contribution >= 4 is 17.4 Å². The molecular weight excluding hydrogens is 450 g/mol. The number of amides is 1. The number of ketones is 1. The number of benzene rings is 3. The third-order valence-electron chi connectivity index (χ3n) is 7.63. The van der Waals surface area contributed by atoms with Crippen LogP contribution in [0.2, 0.25) is 0 Å². The highest BCUT2D eigenvalue weighted by molar-refractivity contribution is 6.08. The number of carbonyl (C=O) groups is 2. The van der Waals surface area contributed by atoms with Crippen LogP contribution >= 0.6 is 0 Å². The number of carbonyl (C=O) groups excluding carboxylic acids is 2. The van der Waals surface area contributed by atoms with Crippen molar-refractivity contribution in [2.75, 3.05) is 19.1 Å². The second-order valence-corrected chi connectivity index (χ2v) is 9.59. The largest absolute Gasteiger partial charge is 0.493 e. The average Bonchev–Trinajstić information content (AvgIpc) is 2.90. The molecule has 184 valence electrons. The first-order valence-electron chi connectivity index (χ1n) is 12.4. The van der Waals surface area contributed by atoms with Gasteiger partial charge in [0, 0.05) is 35.6 Å². The maximum absolute atomic E-state index is 13.9. The third-order valence-corrected chi connectivity index (χ3v) is 7.63. The summed E-state index contributed by atoms with van der Waals surface area (Å²) in [4.78, 5) is 29.6. The van der Waals surface area contributed by atoms with Crippen LogP contribution in [-0.4, -0.2) is 25.9 Å². The van der Waals surface area contributed by atoms with E-state index in [0.717, 1.165) is 33.6 Å². The molecule has 2 unspecified atom stereocenters. The predicted octanol–water partition coefficient (Wildman–Crippen LogP) is 6.24. The summed E-state index contributed by atoms with van der Waals surface area (Å²) in [6.07, 6.45) is 1.23. The van der Waals surface area contributed by atoms with Gasteiger partial charge >= 0.3 is 0 Å². The Bertz CT molecular complexity index is 1360. The minimum absolute atomic E-state index is 0.0150. The molecule has 5 heteroatoms. The van der Waals surface area contributed by atoms with Crippen LogP contribution in [-0.2, 0) is 9.59 Å². The van der Waals surface area contributed by atoms with Gasteiger partial charge in [0.25, 0.3) is 0 Å². The van der Waals surface area contributed by atoms with E-state index in [2.05, 4.69) is 12.1 Å². The number of hydrogen-bond acceptors (Lipinski definition) is 4. The van der Waals surface area contributed by atoms with Crippen LogP contribution in [0.25, 0.3) is 0 Å². The Morgan fingerprint density at radius 1 is 0.806 bits per heavy atom. The molecule has 0 saturated heterocycles. The van der Waals surface area contributed by atoms with E-state index in [1.807, 2.05) is 73.3 Å². The van der Waals surface area contributed by atoms with E-state index in [1.165, 1.54) is 0 Å². The molecule has 3 aromatic carbocycles. The Balaban J connectivity index is 1.72. The lowest BCUT2D eigenvalue weighted by molar-refractivity contribution is -0.120. The number of methoxy groups -OCH3 is 2. The number of ether oxygens (including phenoxy) is 2. The van der Waals surface area contributed by atoms with E-state index < -0.39 is 0 Å².